The summed E-state index contributed by atoms with van der Waals surface area (Å²) >= 11 is 0. The van der Waals surface area contributed by atoms with Crippen LogP contribution in [0.4, 0.5) is 10.1 Å². The van der Waals surface area contributed by atoms with Gasteiger partial charge in [0.1, 0.15) is 5.82 Å². The van der Waals surface area contributed by atoms with Crippen LogP contribution in [0.3, 0.4) is 0 Å². The van der Waals surface area contributed by atoms with Crippen molar-refractivity contribution >= 4 is 23.5 Å². The number of ether oxygens (including phenoxy) is 1. The lowest BCUT2D eigenvalue weighted by atomic mass is 10.0. The molecule has 1 fully saturated rings. The number of aryl methyl sites for hydroxylation is 1. The van der Waals surface area contributed by atoms with Gasteiger partial charge in [0.05, 0.1) is 13.2 Å². The average molecular weight is 350 g/mol. The van der Waals surface area contributed by atoms with Crippen molar-refractivity contribution in [3.63, 3.8) is 0 Å². The van der Waals surface area contributed by atoms with Gasteiger partial charge < -0.3 is 19.6 Å². The summed E-state index contributed by atoms with van der Waals surface area (Å²) in [4.78, 5) is 38.5. The van der Waals surface area contributed by atoms with E-state index in [-0.39, 0.29) is 50.2 Å². The number of morpholine rings is 1. The van der Waals surface area contributed by atoms with E-state index < -0.39 is 12.1 Å². The van der Waals surface area contributed by atoms with Crippen LogP contribution in [0, 0.1) is 5.82 Å². The van der Waals surface area contributed by atoms with Crippen LogP contribution in [0.25, 0.3) is 0 Å². The number of hydrogen-bond donors (Lipinski definition) is 1. The number of halogens is 1. The normalized spacial score (nSPS) is 20.4. The van der Waals surface area contributed by atoms with E-state index in [1.54, 1.807) is 6.07 Å². The minimum absolute atomic E-state index is 0.00388. The number of carbonyl (C=O) groups excluding carboxylic acids is 2. The second kappa shape index (κ2) is 7.18. The molecule has 2 heterocycles. The first-order chi connectivity index (χ1) is 12.0. The van der Waals surface area contributed by atoms with E-state index in [9.17, 15) is 18.8 Å². The monoisotopic (exact) mass is 350 g/mol. The fourth-order valence-corrected chi connectivity index (χ4v) is 3.16. The number of carbonyl (C=O) groups is 3. The molecule has 0 radical (unpaired) electrons. The van der Waals surface area contributed by atoms with E-state index in [4.69, 9.17) is 9.84 Å². The van der Waals surface area contributed by atoms with Gasteiger partial charge in [-0.2, -0.15) is 0 Å². The molecule has 0 spiro atoms. The summed E-state index contributed by atoms with van der Waals surface area (Å²) in [5.74, 6) is -1.77. The summed E-state index contributed by atoms with van der Waals surface area (Å²) in [5, 5.41) is 8.99. The summed E-state index contributed by atoms with van der Waals surface area (Å²) < 4.78 is 18.4. The molecule has 2 aliphatic heterocycles. The second-order valence-corrected chi connectivity index (χ2v) is 6.11. The van der Waals surface area contributed by atoms with Crippen LogP contribution in [0.1, 0.15) is 18.4 Å². The van der Waals surface area contributed by atoms with E-state index in [2.05, 4.69) is 0 Å². The zero-order chi connectivity index (χ0) is 18.0. The molecule has 0 bridgehead atoms. The van der Waals surface area contributed by atoms with Gasteiger partial charge in [0.15, 0.2) is 6.10 Å². The van der Waals surface area contributed by atoms with Gasteiger partial charge in [0, 0.05) is 31.6 Å². The van der Waals surface area contributed by atoms with Crippen LogP contribution in [0.15, 0.2) is 18.2 Å². The number of nitrogens with zero attached hydrogens (tertiary/aromatic N) is 2. The lowest BCUT2D eigenvalue weighted by Gasteiger charge is -2.33. The van der Waals surface area contributed by atoms with Gasteiger partial charge in [0.25, 0.3) is 0 Å². The van der Waals surface area contributed by atoms with Crippen molar-refractivity contribution in [2.75, 3.05) is 31.1 Å². The molecule has 1 atom stereocenters. The number of fused-ring (bicyclic) bond motifs is 1. The number of carboxylic acid groups (broad SMARTS) is 1. The van der Waals surface area contributed by atoms with Gasteiger partial charge in [-0.25, -0.2) is 9.18 Å². The molecule has 2 aliphatic rings. The highest BCUT2D eigenvalue weighted by Crippen LogP contribution is 2.28. The minimum Gasteiger partial charge on any atom is -0.479 e. The number of carboxylic acids is 1. The van der Waals surface area contributed by atoms with Crippen molar-refractivity contribution in [1.82, 2.24) is 4.90 Å². The number of anilines is 1. The Bertz CT molecular complexity index is 708. The minimum atomic E-state index is -1.10. The molecule has 2 amide bonds. The van der Waals surface area contributed by atoms with Crippen LogP contribution in [-0.4, -0.2) is 60.1 Å². The number of hydrogen-bond acceptors (Lipinski definition) is 4. The van der Waals surface area contributed by atoms with Crippen LogP contribution in [0.2, 0.25) is 0 Å². The van der Waals surface area contributed by atoms with Gasteiger partial charge >= 0.3 is 5.97 Å². The van der Waals surface area contributed by atoms with Crippen molar-refractivity contribution in [1.29, 1.82) is 0 Å². The van der Waals surface area contributed by atoms with Gasteiger partial charge in [0.2, 0.25) is 11.8 Å². The Hall–Kier alpha value is -2.48. The lowest BCUT2D eigenvalue weighted by molar-refractivity contribution is -0.159. The molecule has 25 heavy (non-hydrogen) atoms. The van der Waals surface area contributed by atoms with E-state index >= 15 is 0 Å². The third kappa shape index (κ3) is 3.79. The maximum Gasteiger partial charge on any atom is 0.334 e. The van der Waals surface area contributed by atoms with Gasteiger partial charge in [-0.1, -0.05) is 0 Å². The Kier molecular flexibility index (Phi) is 4.98. The summed E-state index contributed by atoms with van der Waals surface area (Å²) in [6.07, 6.45) is -0.170. The molecule has 1 aromatic carbocycles. The molecule has 3 rings (SSSR count). The Morgan fingerprint density at radius 2 is 2.12 bits per heavy atom. The quantitative estimate of drug-likeness (QED) is 0.868. The first kappa shape index (κ1) is 17.3. The molecule has 134 valence electrons. The third-order valence-electron chi connectivity index (χ3n) is 4.49. The van der Waals surface area contributed by atoms with Crippen molar-refractivity contribution in [2.45, 2.75) is 25.4 Å². The van der Waals surface area contributed by atoms with Gasteiger partial charge in [-0.3, -0.25) is 9.59 Å². The number of aliphatic carboxylic acids is 1. The molecule has 0 aliphatic carbocycles. The van der Waals surface area contributed by atoms with Crippen molar-refractivity contribution in [3.8, 4) is 0 Å². The Balaban J connectivity index is 1.64. The van der Waals surface area contributed by atoms with Crippen LogP contribution < -0.4 is 4.90 Å². The molecule has 1 aromatic rings. The molecule has 0 aromatic heterocycles. The van der Waals surface area contributed by atoms with Crippen molar-refractivity contribution in [3.05, 3.63) is 29.6 Å². The van der Waals surface area contributed by atoms with Crippen molar-refractivity contribution < 1.29 is 28.6 Å². The fraction of sp³-hybridized carbons (Fsp3) is 0.471. The summed E-state index contributed by atoms with van der Waals surface area (Å²) in [7, 11) is 0. The van der Waals surface area contributed by atoms with Crippen molar-refractivity contribution in [2.24, 2.45) is 0 Å². The highest BCUT2D eigenvalue weighted by molar-refractivity contribution is 5.97. The second-order valence-electron chi connectivity index (χ2n) is 6.11. The molecule has 7 nitrogen and oxygen atoms in total. The van der Waals surface area contributed by atoms with Crippen LogP contribution in [0.5, 0.6) is 0 Å². The molecule has 0 saturated carbocycles. The maximum absolute atomic E-state index is 13.4. The smallest absolute Gasteiger partial charge is 0.334 e. The largest absolute Gasteiger partial charge is 0.479 e. The standard InChI is InChI=1S/C17H19FN2O5/c18-12-2-3-13-11(9-12)1-4-16(22)20(13)6-5-15(21)19-7-8-25-14(10-19)17(23)24/h2-3,9,14H,1,4-8,10H2,(H,23,24). The zero-order valence-electron chi connectivity index (χ0n) is 13.6. The highest BCUT2D eigenvalue weighted by atomic mass is 19.1. The topological polar surface area (TPSA) is 87.2 Å². The fourth-order valence-electron chi connectivity index (χ4n) is 3.16. The summed E-state index contributed by atoms with van der Waals surface area (Å²) in [6, 6.07) is 4.27. The first-order valence-corrected chi connectivity index (χ1v) is 8.16. The van der Waals surface area contributed by atoms with Crippen LogP contribution >= 0.6 is 0 Å². The summed E-state index contributed by atoms with van der Waals surface area (Å²) in [6.45, 7) is 0.696. The predicted octanol–water partition coefficient (Wildman–Crippen LogP) is 0.807. The van der Waals surface area contributed by atoms with Gasteiger partial charge in [-0.05, 0) is 30.2 Å². The average Bonchev–Trinajstić information content (AvgIpc) is 2.60. The molecule has 1 N–H and O–H groups in total. The van der Waals surface area contributed by atoms with E-state index in [0.717, 1.165) is 5.56 Å². The number of benzene rings is 1. The molecule has 1 unspecified atom stereocenters. The van der Waals surface area contributed by atoms with E-state index in [0.29, 0.717) is 18.7 Å². The Morgan fingerprint density at radius 3 is 2.88 bits per heavy atom. The number of amides is 2. The van der Waals surface area contributed by atoms with E-state index in [1.165, 1.54) is 21.9 Å². The molecular formula is C17H19FN2O5. The zero-order valence-corrected chi connectivity index (χ0v) is 13.6. The predicted molar refractivity (Wildman–Crippen MR) is 85.6 cm³/mol. The molecule has 1 saturated heterocycles. The van der Waals surface area contributed by atoms with E-state index in [1.807, 2.05) is 0 Å². The molecule has 8 heteroatoms. The van der Waals surface area contributed by atoms with Crippen LogP contribution in [-0.2, 0) is 25.5 Å². The molecular weight excluding hydrogens is 331 g/mol. The van der Waals surface area contributed by atoms with Gasteiger partial charge in [-0.15, -0.1) is 0 Å². The maximum atomic E-state index is 13.4. The lowest BCUT2D eigenvalue weighted by Crippen LogP contribution is -2.49. The highest BCUT2D eigenvalue weighted by Gasteiger charge is 2.30. The summed E-state index contributed by atoms with van der Waals surface area (Å²) in [5.41, 5.74) is 1.39. The Labute approximate surface area is 144 Å². The third-order valence-corrected chi connectivity index (χ3v) is 4.49. The SMILES string of the molecule is O=C(O)C1CN(C(=O)CCN2C(=O)CCc3cc(F)ccc32)CCO1. The Morgan fingerprint density at radius 1 is 1.32 bits per heavy atom. The number of rotatable bonds is 4. The first-order valence-electron chi connectivity index (χ1n) is 8.16.